The first-order valence-corrected chi connectivity index (χ1v) is 22.7. The van der Waals surface area contributed by atoms with Gasteiger partial charge in [0.25, 0.3) is 5.91 Å². The van der Waals surface area contributed by atoms with E-state index in [0.29, 0.717) is 92.1 Å². The van der Waals surface area contributed by atoms with Crippen LogP contribution in [0.1, 0.15) is 81.8 Å². The molecule has 1 amide bonds. The van der Waals surface area contributed by atoms with Crippen molar-refractivity contribution in [3.05, 3.63) is 108 Å². The minimum atomic E-state index is -4.42. The molecule has 6 aromatic rings. The molecule has 2 N–H and O–H groups in total. The van der Waals surface area contributed by atoms with Crippen LogP contribution in [0.5, 0.6) is 0 Å². The van der Waals surface area contributed by atoms with E-state index in [0.717, 1.165) is 70.7 Å². The maximum Gasteiger partial charge on any atom is 0.304 e. The number of benzene rings is 2. The maximum atomic E-state index is 13.7. The number of Topliss-reactive ketones (excluding diaryl/α,β-unsaturated/α-hetero) is 1. The summed E-state index contributed by atoms with van der Waals surface area (Å²) in [6.07, 6.45) is 6.82. The van der Waals surface area contributed by atoms with Crippen molar-refractivity contribution in [2.75, 3.05) is 6.54 Å². The van der Waals surface area contributed by atoms with Crippen LogP contribution in [0.25, 0.3) is 32.5 Å². The Balaban J connectivity index is 0.889. The Morgan fingerprint density at radius 1 is 0.732 bits per heavy atom. The summed E-state index contributed by atoms with van der Waals surface area (Å²) in [4.78, 5) is 28.9. The number of hydrogen-bond acceptors (Lipinski definition) is 8. The van der Waals surface area contributed by atoms with Gasteiger partial charge in [-0.25, -0.2) is 9.36 Å². The van der Waals surface area contributed by atoms with Gasteiger partial charge in [0, 0.05) is 34.1 Å². The van der Waals surface area contributed by atoms with Crippen LogP contribution in [0, 0.1) is 0 Å². The van der Waals surface area contributed by atoms with Crippen LogP contribution in [-0.2, 0) is 35.8 Å². The fourth-order valence-corrected chi connectivity index (χ4v) is 11.4. The summed E-state index contributed by atoms with van der Waals surface area (Å²) < 4.78 is 37.0. The van der Waals surface area contributed by atoms with E-state index < -0.39 is 10.1 Å². The molecule has 290 valence electrons. The molecule has 8 rings (SSSR count). The van der Waals surface area contributed by atoms with E-state index in [2.05, 4.69) is 16.8 Å². The summed E-state index contributed by atoms with van der Waals surface area (Å²) in [7, 11) is -4.42. The Kier molecular flexibility index (Phi) is 11.2. The third-order valence-corrected chi connectivity index (χ3v) is 14.6. The molecule has 56 heavy (non-hydrogen) atoms. The number of rotatable bonds is 13. The molecule has 0 spiro atoms. The number of unbranched alkanes of at least 4 members (excludes halogenated alkanes) is 4. The van der Waals surface area contributed by atoms with Gasteiger partial charge in [-0.2, -0.15) is 18.6 Å². The number of nitrogens with one attached hydrogen (secondary N) is 1. The van der Waals surface area contributed by atoms with Gasteiger partial charge in [0.1, 0.15) is 9.90 Å². The second-order valence-corrected chi connectivity index (χ2v) is 19.0. The third kappa shape index (κ3) is 7.60. The number of thiophene rings is 2. The maximum absolute atomic E-state index is 13.7. The van der Waals surface area contributed by atoms with Crippen molar-refractivity contribution in [1.82, 2.24) is 24.9 Å². The molecule has 2 aliphatic carbocycles. The van der Waals surface area contributed by atoms with Crippen LogP contribution < -0.4 is 5.32 Å². The number of carbonyl (C=O) groups excluding carboxylic acids is 2. The monoisotopic (exact) mass is 887 g/mol. The highest BCUT2D eigenvalue weighted by molar-refractivity contribution is 7.88. The summed E-state index contributed by atoms with van der Waals surface area (Å²) in [5.41, 5.74) is 7.02. The smallest absolute Gasteiger partial charge is 0.304 e. The highest BCUT2D eigenvalue weighted by atomic mass is 35.5. The summed E-state index contributed by atoms with van der Waals surface area (Å²) in [5, 5.41) is 16.4. The van der Waals surface area contributed by atoms with Gasteiger partial charge in [0.2, 0.25) is 0 Å². The molecular formula is C39H33Cl4N5O5S3. The van der Waals surface area contributed by atoms with E-state index in [1.54, 1.807) is 51.0 Å². The SMILES string of the molecule is O=C(CCCCCCCNC(=O)c1nn(-c2ccc(Cl)cc2Cl)c2c1CCc1ccsc1-2)c1nn(-c2ccc(Cl)cc2Cl)c2c1CCc1cc(S(=O)(=O)O)sc1-2. The lowest BCUT2D eigenvalue weighted by atomic mass is 9.93. The van der Waals surface area contributed by atoms with Gasteiger partial charge in [0.15, 0.2) is 11.5 Å². The van der Waals surface area contributed by atoms with E-state index in [4.69, 9.17) is 56.6 Å². The predicted octanol–water partition coefficient (Wildman–Crippen LogP) is 10.5. The van der Waals surface area contributed by atoms with Crippen molar-refractivity contribution < 1.29 is 22.6 Å². The summed E-state index contributed by atoms with van der Waals surface area (Å²) in [5.74, 6) is -0.327. The van der Waals surface area contributed by atoms with Crippen molar-refractivity contribution in [3.63, 3.8) is 0 Å². The third-order valence-electron chi connectivity index (χ3n) is 10.1. The topological polar surface area (TPSA) is 136 Å². The summed E-state index contributed by atoms with van der Waals surface area (Å²) in [6.45, 7) is 0.492. The number of ketones is 1. The van der Waals surface area contributed by atoms with Crippen LogP contribution in [-0.4, -0.2) is 50.8 Å². The lowest BCUT2D eigenvalue weighted by Crippen LogP contribution is -2.26. The molecule has 0 saturated heterocycles. The molecule has 2 aliphatic rings. The molecule has 0 unspecified atom stereocenters. The van der Waals surface area contributed by atoms with Gasteiger partial charge in [0.05, 0.1) is 42.6 Å². The highest BCUT2D eigenvalue weighted by Gasteiger charge is 2.33. The zero-order chi connectivity index (χ0) is 39.3. The molecule has 0 atom stereocenters. The Labute approximate surface area is 351 Å². The normalized spacial score (nSPS) is 13.2. The molecule has 10 nitrogen and oxygen atoms in total. The van der Waals surface area contributed by atoms with Crippen LogP contribution in [0.2, 0.25) is 20.1 Å². The largest absolute Gasteiger partial charge is 0.351 e. The second-order valence-electron chi connectivity index (χ2n) is 13.7. The second kappa shape index (κ2) is 16.0. The van der Waals surface area contributed by atoms with Crippen molar-refractivity contribution in [1.29, 1.82) is 0 Å². The van der Waals surface area contributed by atoms with E-state index >= 15 is 0 Å². The summed E-state index contributed by atoms with van der Waals surface area (Å²) >= 11 is 28.1. The highest BCUT2D eigenvalue weighted by Crippen LogP contribution is 2.45. The molecular weight excluding hydrogens is 856 g/mol. The minimum absolute atomic E-state index is 0.107. The average Bonchev–Trinajstić information content (AvgIpc) is 3.95. The Morgan fingerprint density at radius 3 is 1.98 bits per heavy atom. The van der Waals surface area contributed by atoms with Crippen LogP contribution >= 0.6 is 69.1 Å². The minimum Gasteiger partial charge on any atom is -0.351 e. The fraction of sp³-hybridized carbons (Fsp3) is 0.282. The zero-order valence-electron chi connectivity index (χ0n) is 29.6. The number of nitrogens with zero attached hydrogens (tertiary/aromatic N) is 4. The molecule has 0 radical (unpaired) electrons. The standard InChI is InChI=1S/C39H33Cl4N5O5S3/c40-23-9-13-29(27(42)19-23)47-35-26(11-7-21-15-17-54-37(21)35)34(46-47)39(50)44-16-5-3-1-2-4-6-31(49)33-25-12-8-22-18-32(56(51,52)53)55-38(22)36(25)48(45-33)30-14-10-24(41)20-28(30)43/h9-10,13-15,17-20H,1-8,11-12,16H2,(H,44,50)(H,51,52,53). The molecule has 0 fully saturated rings. The molecule has 0 saturated carbocycles. The lowest BCUT2D eigenvalue weighted by Gasteiger charge is -2.16. The van der Waals surface area contributed by atoms with Gasteiger partial charge in [-0.3, -0.25) is 14.1 Å². The molecule has 2 aromatic carbocycles. The average molecular weight is 890 g/mol. The van der Waals surface area contributed by atoms with Crippen molar-refractivity contribution in [3.8, 4) is 32.5 Å². The van der Waals surface area contributed by atoms with Gasteiger partial charge in [-0.15, -0.1) is 22.7 Å². The zero-order valence-corrected chi connectivity index (χ0v) is 35.1. The Morgan fingerprint density at radius 2 is 1.32 bits per heavy atom. The van der Waals surface area contributed by atoms with Gasteiger partial charge in [-0.1, -0.05) is 65.7 Å². The van der Waals surface area contributed by atoms with Crippen molar-refractivity contribution >= 4 is 90.9 Å². The first-order chi connectivity index (χ1) is 26.9. The number of hydrogen-bond donors (Lipinski definition) is 2. The van der Waals surface area contributed by atoms with E-state index in [1.807, 2.05) is 6.07 Å². The van der Waals surface area contributed by atoms with Crippen molar-refractivity contribution in [2.24, 2.45) is 0 Å². The Hall–Kier alpha value is -3.53. The van der Waals surface area contributed by atoms with Crippen LogP contribution in [0.4, 0.5) is 0 Å². The number of amides is 1. The van der Waals surface area contributed by atoms with Crippen molar-refractivity contribution in [2.45, 2.75) is 68.4 Å². The first-order valence-electron chi connectivity index (χ1n) is 18.0. The fourth-order valence-electron chi connectivity index (χ4n) is 7.42. The van der Waals surface area contributed by atoms with Gasteiger partial charge >= 0.3 is 10.1 Å². The first kappa shape index (κ1) is 39.3. The molecule has 0 aliphatic heterocycles. The number of halogens is 4. The predicted molar refractivity (Wildman–Crippen MR) is 223 cm³/mol. The number of fused-ring (bicyclic) bond motifs is 6. The molecule has 0 bridgehead atoms. The Bertz CT molecular complexity index is 2650. The molecule has 4 heterocycles. The quantitative estimate of drug-likeness (QED) is 0.0669. The molecule has 17 heteroatoms. The molecule has 4 aromatic heterocycles. The van der Waals surface area contributed by atoms with E-state index in [9.17, 15) is 22.6 Å². The lowest BCUT2D eigenvalue weighted by molar-refractivity contribution is 0.0943. The van der Waals surface area contributed by atoms with Gasteiger partial charge in [-0.05, 0) is 104 Å². The van der Waals surface area contributed by atoms with Crippen LogP contribution in [0.3, 0.4) is 0 Å². The number of aryl methyl sites for hydroxylation is 2. The van der Waals surface area contributed by atoms with E-state index in [-0.39, 0.29) is 15.9 Å². The van der Waals surface area contributed by atoms with Gasteiger partial charge < -0.3 is 5.32 Å². The number of carbonyl (C=O) groups is 2. The van der Waals surface area contributed by atoms with E-state index in [1.165, 1.54) is 11.6 Å². The summed E-state index contributed by atoms with van der Waals surface area (Å²) in [6, 6.07) is 13.8. The van der Waals surface area contributed by atoms with Crippen LogP contribution in [0.15, 0.2) is 58.1 Å². The number of aromatic nitrogens is 4.